The summed E-state index contributed by atoms with van der Waals surface area (Å²) in [5.41, 5.74) is 5.12. The number of hydrogen-bond acceptors (Lipinski definition) is 2. The average Bonchev–Trinajstić information content (AvgIpc) is 2.32. The number of hydrogen-bond donors (Lipinski definition) is 2. The third kappa shape index (κ3) is 3.18. The second kappa shape index (κ2) is 6.34. The van der Waals surface area contributed by atoms with Crippen LogP contribution in [0.2, 0.25) is 0 Å². The first kappa shape index (κ1) is 14.4. The standard InChI is InChI=1S/C13H24N2OS/c1-3-13(4-2,11(14)17)12(16)15-10-8-6-5-7-9-10/h10H,3-9H2,1-2H3,(H2,14,17)(H,15,16). The van der Waals surface area contributed by atoms with E-state index in [0.717, 1.165) is 12.8 Å². The quantitative estimate of drug-likeness (QED) is 0.743. The normalized spacial score (nSPS) is 17.8. The molecule has 0 saturated heterocycles. The Kier molecular flexibility index (Phi) is 5.37. The van der Waals surface area contributed by atoms with E-state index < -0.39 is 5.41 Å². The number of amides is 1. The Labute approximate surface area is 110 Å². The Morgan fingerprint density at radius 3 is 2.24 bits per heavy atom. The molecule has 0 unspecified atom stereocenters. The van der Waals surface area contributed by atoms with Crippen molar-refractivity contribution in [1.29, 1.82) is 0 Å². The van der Waals surface area contributed by atoms with Gasteiger partial charge < -0.3 is 11.1 Å². The van der Waals surface area contributed by atoms with Gasteiger partial charge in [0.25, 0.3) is 0 Å². The molecule has 1 aliphatic rings. The van der Waals surface area contributed by atoms with Crippen LogP contribution in [0.3, 0.4) is 0 Å². The van der Waals surface area contributed by atoms with Crippen LogP contribution in [0.25, 0.3) is 0 Å². The number of rotatable bonds is 5. The van der Waals surface area contributed by atoms with E-state index in [0.29, 0.717) is 23.9 Å². The summed E-state index contributed by atoms with van der Waals surface area (Å²) in [6, 6.07) is 0.322. The van der Waals surface area contributed by atoms with Crippen molar-refractivity contribution in [3.8, 4) is 0 Å². The van der Waals surface area contributed by atoms with Gasteiger partial charge in [-0.2, -0.15) is 0 Å². The zero-order valence-corrected chi connectivity index (χ0v) is 11.7. The van der Waals surface area contributed by atoms with Crippen LogP contribution in [0.4, 0.5) is 0 Å². The van der Waals surface area contributed by atoms with Gasteiger partial charge in [0.2, 0.25) is 5.91 Å². The minimum atomic E-state index is -0.646. The summed E-state index contributed by atoms with van der Waals surface area (Å²) in [6.45, 7) is 3.95. The zero-order valence-electron chi connectivity index (χ0n) is 10.9. The van der Waals surface area contributed by atoms with Crippen molar-refractivity contribution in [2.45, 2.75) is 64.8 Å². The number of carbonyl (C=O) groups is 1. The van der Waals surface area contributed by atoms with Gasteiger partial charge in [0.05, 0.1) is 10.4 Å². The average molecular weight is 256 g/mol. The van der Waals surface area contributed by atoms with E-state index in [1.165, 1.54) is 19.3 Å². The van der Waals surface area contributed by atoms with E-state index in [1.807, 2.05) is 13.8 Å². The monoisotopic (exact) mass is 256 g/mol. The van der Waals surface area contributed by atoms with Gasteiger partial charge in [0.15, 0.2) is 0 Å². The van der Waals surface area contributed by atoms with Crippen LogP contribution in [0.5, 0.6) is 0 Å². The fourth-order valence-electron chi connectivity index (χ4n) is 2.60. The molecule has 0 heterocycles. The molecule has 4 heteroatoms. The summed E-state index contributed by atoms with van der Waals surface area (Å²) < 4.78 is 0. The first-order valence-electron chi connectivity index (χ1n) is 6.67. The third-order valence-electron chi connectivity index (χ3n) is 4.05. The largest absolute Gasteiger partial charge is 0.392 e. The summed E-state index contributed by atoms with van der Waals surface area (Å²) in [5.74, 6) is 0.0295. The van der Waals surface area contributed by atoms with Gasteiger partial charge in [-0.1, -0.05) is 45.3 Å². The van der Waals surface area contributed by atoms with Gasteiger partial charge in [-0.15, -0.1) is 0 Å². The molecular formula is C13H24N2OS. The maximum atomic E-state index is 12.4. The molecule has 3 N–H and O–H groups in total. The minimum absolute atomic E-state index is 0.0295. The Balaban J connectivity index is 2.67. The zero-order chi connectivity index (χ0) is 12.9. The lowest BCUT2D eigenvalue weighted by Crippen LogP contribution is -2.51. The Hall–Kier alpha value is -0.640. The van der Waals surface area contributed by atoms with Crippen LogP contribution in [0.15, 0.2) is 0 Å². The molecule has 0 aromatic carbocycles. The smallest absolute Gasteiger partial charge is 0.233 e. The molecule has 0 radical (unpaired) electrons. The van der Waals surface area contributed by atoms with Crippen molar-refractivity contribution >= 4 is 23.1 Å². The third-order valence-corrected chi connectivity index (χ3v) is 4.44. The van der Waals surface area contributed by atoms with Crippen molar-refractivity contribution in [2.75, 3.05) is 0 Å². The fraction of sp³-hybridized carbons (Fsp3) is 0.846. The van der Waals surface area contributed by atoms with Gasteiger partial charge in [-0.25, -0.2) is 0 Å². The van der Waals surface area contributed by atoms with E-state index in [1.54, 1.807) is 0 Å². The summed E-state index contributed by atoms with van der Waals surface area (Å²) in [4.78, 5) is 12.7. The number of nitrogens with two attached hydrogens (primary N) is 1. The lowest BCUT2D eigenvalue weighted by Gasteiger charge is -2.32. The van der Waals surface area contributed by atoms with Crippen molar-refractivity contribution in [1.82, 2.24) is 5.32 Å². The second-order valence-corrected chi connectivity index (χ2v) is 5.40. The number of thiocarbonyl (C=S) groups is 1. The van der Waals surface area contributed by atoms with Gasteiger partial charge in [-0.3, -0.25) is 4.79 Å². The Morgan fingerprint density at radius 2 is 1.82 bits per heavy atom. The minimum Gasteiger partial charge on any atom is -0.392 e. The maximum absolute atomic E-state index is 12.4. The molecule has 0 atom stereocenters. The molecular weight excluding hydrogens is 232 g/mol. The SMILES string of the molecule is CCC(CC)(C(=O)NC1CCCCC1)C(N)=S. The molecule has 1 rings (SSSR count). The highest BCUT2D eigenvalue weighted by Crippen LogP contribution is 2.28. The van der Waals surface area contributed by atoms with Crippen LogP contribution >= 0.6 is 12.2 Å². The van der Waals surface area contributed by atoms with E-state index in [9.17, 15) is 4.79 Å². The van der Waals surface area contributed by atoms with Crippen LogP contribution in [-0.4, -0.2) is 16.9 Å². The van der Waals surface area contributed by atoms with Crippen molar-refractivity contribution < 1.29 is 4.79 Å². The van der Waals surface area contributed by atoms with Gasteiger partial charge >= 0.3 is 0 Å². The summed E-state index contributed by atoms with van der Waals surface area (Å²) in [6.07, 6.45) is 7.24. The van der Waals surface area contributed by atoms with E-state index in [4.69, 9.17) is 18.0 Å². The molecule has 3 nitrogen and oxygen atoms in total. The predicted molar refractivity (Wildman–Crippen MR) is 74.8 cm³/mol. The lowest BCUT2D eigenvalue weighted by molar-refractivity contribution is -0.128. The van der Waals surface area contributed by atoms with Gasteiger partial charge in [0.1, 0.15) is 0 Å². The molecule has 0 bridgehead atoms. The second-order valence-electron chi connectivity index (χ2n) is 4.96. The Bertz CT molecular complexity index is 281. The van der Waals surface area contributed by atoms with Crippen molar-refractivity contribution in [3.05, 3.63) is 0 Å². The van der Waals surface area contributed by atoms with Crippen LogP contribution < -0.4 is 11.1 Å². The highest BCUT2D eigenvalue weighted by atomic mass is 32.1. The first-order chi connectivity index (χ1) is 8.06. The summed E-state index contributed by atoms with van der Waals surface area (Å²) in [5, 5.41) is 3.14. The first-order valence-corrected chi connectivity index (χ1v) is 7.08. The molecule has 1 saturated carbocycles. The molecule has 0 aliphatic heterocycles. The molecule has 0 aromatic rings. The van der Waals surface area contributed by atoms with Gasteiger partial charge in [0, 0.05) is 6.04 Å². The van der Waals surface area contributed by atoms with Crippen molar-refractivity contribution in [3.63, 3.8) is 0 Å². The molecule has 1 aliphatic carbocycles. The number of carbonyl (C=O) groups excluding carboxylic acids is 1. The van der Waals surface area contributed by atoms with Crippen molar-refractivity contribution in [2.24, 2.45) is 11.1 Å². The molecule has 98 valence electrons. The van der Waals surface area contributed by atoms with E-state index in [2.05, 4.69) is 5.32 Å². The fourth-order valence-corrected chi connectivity index (χ4v) is 2.98. The van der Waals surface area contributed by atoms with E-state index in [-0.39, 0.29) is 5.91 Å². The molecule has 17 heavy (non-hydrogen) atoms. The maximum Gasteiger partial charge on any atom is 0.233 e. The van der Waals surface area contributed by atoms with Gasteiger partial charge in [-0.05, 0) is 25.7 Å². The Morgan fingerprint density at radius 1 is 1.29 bits per heavy atom. The summed E-state index contributed by atoms with van der Waals surface area (Å²) >= 11 is 5.09. The number of nitrogens with one attached hydrogen (secondary N) is 1. The van der Waals surface area contributed by atoms with Crippen LogP contribution in [-0.2, 0) is 4.79 Å². The van der Waals surface area contributed by atoms with E-state index >= 15 is 0 Å². The van der Waals surface area contributed by atoms with Crippen LogP contribution in [0.1, 0.15) is 58.8 Å². The molecule has 0 spiro atoms. The molecule has 1 fully saturated rings. The summed E-state index contributed by atoms with van der Waals surface area (Å²) in [7, 11) is 0. The molecule has 1 amide bonds. The highest BCUT2D eigenvalue weighted by molar-refractivity contribution is 7.80. The van der Waals surface area contributed by atoms with Crippen LogP contribution in [0, 0.1) is 5.41 Å². The molecule has 0 aromatic heterocycles. The highest BCUT2D eigenvalue weighted by Gasteiger charge is 2.38. The topological polar surface area (TPSA) is 55.1 Å². The lowest BCUT2D eigenvalue weighted by atomic mass is 9.80. The predicted octanol–water partition coefficient (Wildman–Crippen LogP) is 2.53.